The van der Waals surface area contributed by atoms with Gasteiger partial charge in [0.15, 0.2) is 0 Å². The molecular weight excluding hydrogens is 322 g/mol. The summed E-state index contributed by atoms with van der Waals surface area (Å²) in [6, 6.07) is 23.0. The Labute approximate surface area is 152 Å². The summed E-state index contributed by atoms with van der Waals surface area (Å²) >= 11 is 0. The minimum atomic E-state index is 0.841. The zero-order valence-corrected chi connectivity index (χ0v) is 14.8. The van der Waals surface area contributed by atoms with Crippen LogP contribution in [0.15, 0.2) is 71.1 Å². The van der Waals surface area contributed by atoms with Gasteiger partial charge in [-0.05, 0) is 42.3 Å². The molecule has 1 aromatic heterocycles. The molecule has 0 saturated carbocycles. The molecule has 1 aliphatic rings. The molecule has 3 heteroatoms. The largest absolute Gasteiger partial charge is 0.495 e. The van der Waals surface area contributed by atoms with Crippen LogP contribution in [0.2, 0.25) is 0 Å². The third-order valence-corrected chi connectivity index (χ3v) is 5.06. The molecule has 0 unspecified atom stereocenters. The fourth-order valence-corrected chi connectivity index (χ4v) is 3.82. The summed E-state index contributed by atoms with van der Waals surface area (Å²) in [6.07, 6.45) is 0.868. The Morgan fingerprint density at radius 3 is 2.62 bits per heavy atom. The van der Waals surface area contributed by atoms with E-state index in [-0.39, 0.29) is 0 Å². The molecular formula is C23H19NO2. The van der Waals surface area contributed by atoms with E-state index in [0.717, 1.165) is 35.0 Å². The maximum Gasteiger partial charge on any atom is 0.209 e. The number of aryl methyl sites for hydroxylation is 1. The van der Waals surface area contributed by atoms with Gasteiger partial charge in [0.25, 0.3) is 0 Å². The number of rotatable bonds is 2. The van der Waals surface area contributed by atoms with Crippen molar-refractivity contribution in [3.63, 3.8) is 0 Å². The van der Waals surface area contributed by atoms with Gasteiger partial charge in [-0.15, -0.1) is 0 Å². The monoisotopic (exact) mass is 341 g/mol. The number of furan rings is 1. The lowest BCUT2D eigenvalue weighted by atomic mass is 9.96. The molecule has 26 heavy (non-hydrogen) atoms. The molecule has 0 aliphatic carbocycles. The van der Waals surface area contributed by atoms with Gasteiger partial charge in [0.05, 0.1) is 18.5 Å². The van der Waals surface area contributed by atoms with Crippen LogP contribution >= 0.6 is 0 Å². The van der Waals surface area contributed by atoms with Gasteiger partial charge in [-0.25, -0.2) is 0 Å². The molecule has 0 N–H and O–H groups in total. The van der Waals surface area contributed by atoms with Gasteiger partial charge in [-0.1, -0.05) is 42.5 Å². The van der Waals surface area contributed by atoms with Crippen LogP contribution in [0.4, 0.5) is 17.3 Å². The lowest BCUT2D eigenvalue weighted by Crippen LogP contribution is -2.18. The van der Waals surface area contributed by atoms with Gasteiger partial charge >= 0.3 is 0 Å². The summed E-state index contributed by atoms with van der Waals surface area (Å²) in [5.41, 5.74) is 6.73. The third kappa shape index (κ3) is 2.14. The Hall–Kier alpha value is -3.20. The summed E-state index contributed by atoms with van der Waals surface area (Å²) in [5.74, 6) is 1.72. The van der Waals surface area contributed by atoms with Crippen LogP contribution in [0.1, 0.15) is 16.7 Å². The van der Waals surface area contributed by atoms with Crippen LogP contribution < -0.4 is 9.64 Å². The Morgan fingerprint density at radius 1 is 0.923 bits per heavy atom. The molecule has 0 radical (unpaired) electrons. The average Bonchev–Trinajstić information content (AvgIpc) is 3.04. The maximum absolute atomic E-state index is 6.31. The molecule has 0 fully saturated rings. The van der Waals surface area contributed by atoms with E-state index in [1.54, 1.807) is 7.11 Å². The normalized spacial score (nSPS) is 12.8. The van der Waals surface area contributed by atoms with Crippen LogP contribution in [-0.2, 0) is 6.42 Å². The average molecular weight is 341 g/mol. The summed E-state index contributed by atoms with van der Waals surface area (Å²) in [7, 11) is 1.72. The summed E-state index contributed by atoms with van der Waals surface area (Å²) in [5, 5.41) is 1.17. The number of benzene rings is 3. The second-order valence-electron chi connectivity index (χ2n) is 6.70. The molecule has 3 aromatic carbocycles. The molecule has 2 heterocycles. The molecule has 0 atom stereocenters. The molecule has 0 amide bonds. The lowest BCUT2D eigenvalue weighted by Gasteiger charge is -2.31. The van der Waals surface area contributed by atoms with Crippen molar-refractivity contribution in [3.8, 4) is 5.75 Å². The number of ether oxygens (including phenoxy) is 1. The van der Waals surface area contributed by atoms with Gasteiger partial charge < -0.3 is 9.15 Å². The minimum absolute atomic E-state index is 0.841. The van der Waals surface area contributed by atoms with Crippen LogP contribution in [0.3, 0.4) is 0 Å². The van der Waals surface area contributed by atoms with Gasteiger partial charge in [-0.2, -0.15) is 0 Å². The number of para-hydroxylation sites is 2. The highest BCUT2D eigenvalue weighted by molar-refractivity contribution is 5.93. The Balaban J connectivity index is 1.83. The van der Waals surface area contributed by atoms with Crippen molar-refractivity contribution in [2.75, 3.05) is 12.0 Å². The van der Waals surface area contributed by atoms with Crippen molar-refractivity contribution in [1.82, 2.24) is 0 Å². The van der Waals surface area contributed by atoms with E-state index in [1.807, 2.05) is 12.1 Å². The van der Waals surface area contributed by atoms with E-state index in [9.17, 15) is 0 Å². The quantitative estimate of drug-likeness (QED) is 0.386. The highest BCUT2D eigenvalue weighted by atomic mass is 16.5. The number of methoxy groups -OCH3 is 1. The Morgan fingerprint density at radius 2 is 1.73 bits per heavy atom. The van der Waals surface area contributed by atoms with Gasteiger partial charge in [-0.3, -0.25) is 4.90 Å². The first-order chi connectivity index (χ1) is 12.8. The third-order valence-electron chi connectivity index (χ3n) is 5.06. The number of anilines is 3. The van der Waals surface area contributed by atoms with Crippen molar-refractivity contribution < 1.29 is 9.15 Å². The fraction of sp³-hybridized carbons (Fsp3) is 0.130. The van der Waals surface area contributed by atoms with Crippen molar-refractivity contribution in [1.29, 1.82) is 0 Å². The SMILES string of the molecule is COc1cc(C)ccc1N1c2ccccc2Cc2c1oc1ccccc21. The maximum atomic E-state index is 6.31. The standard InChI is InChI=1S/C23H19NO2/c1-15-11-12-20(22(13-15)25-2)24-19-9-5-3-7-16(19)14-18-17-8-4-6-10-21(17)26-23(18)24/h3-13H,14H2,1-2H3. The number of fused-ring (bicyclic) bond motifs is 4. The van der Waals surface area contributed by atoms with Crippen molar-refractivity contribution >= 4 is 28.2 Å². The van der Waals surface area contributed by atoms with Crippen molar-refractivity contribution in [2.45, 2.75) is 13.3 Å². The zero-order valence-electron chi connectivity index (χ0n) is 14.8. The second kappa shape index (κ2) is 5.67. The molecule has 4 aromatic rings. The van der Waals surface area contributed by atoms with E-state index in [1.165, 1.54) is 22.1 Å². The van der Waals surface area contributed by atoms with E-state index >= 15 is 0 Å². The van der Waals surface area contributed by atoms with Crippen LogP contribution in [0.5, 0.6) is 5.75 Å². The second-order valence-corrected chi connectivity index (χ2v) is 6.70. The van der Waals surface area contributed by atoms with Gasteiger partial charge in [0, 0.05) is 17.4 Å². The fourth-order valence-electron chi connectivity index (χ4n) is 3.82. The summed E-state index contributed by atoms with van der Waals surface area (Å²) < 4.78 is 12.0. The van der Waals surface area contributed by atoms with Gasteiger partial charge in [0.1, 0.15) is 11.3 Å². The minimum Gasteiger partial charge on any atom is -0.495 e. The van der Waals surface area contributed by atoms with E-state index in [0.29, 0.717) is 0 Å². The Bertz CT molecular complexity index is 1130. The highest BCUT2D eigenvalue weighted by Crippen LogP contribution is 2.49. The molecule has 1 aliphatic heterocycles. The van der Waals surface area contributed by atoms with Gasteiger partial charge in [0.2, 0.25) is 5.88 Å². The summed E-state index contributed by atoms with van der Waals surface area (Å²) in [4.78, 5) is 2.19. The van der Waals surface area contributed by atoms with Crippen molar-refractivity contribution in [2.24, 2.45) is 0 Å². The Kier molecular flexibility index (Phi) is 3.29. The molecule has 0 saturated heterocycles. The van der Waals surface area contributed by atoms with E-state index in [4.69, 9.17) is 9.15 Å². The smallest absolute Gasteiger partial charge is 0.209 e. The predicted octanol–water partition coefficient (Wildman–Crippen LogP) is 6.12. The number of nitrogens with zero attached hydrogens (tertiary/aromatic N) is 1. The number of hydrogen-bond acceptors (Lipinski definition) is 3. The number of hydrogen-bond donors (Lipinski definition) is 0. The van der Waals surface area contributed by atoms with E-state index in [2.05, 4.69) is 66.4 Å². The van der Waals surface area contributed by atoms with Crippen LogP contribution in [-0.4, -0.2) is 7.11 Å². The molecule has 5 rings (SSSR count). The first-order valence-electron chi connectivity index (χ1n) is 8.79. The topological polar surface area (TPSA) is 25.6 Å². The molecule has 128 valence electrons. The van der Waals surface area contributed by atoms with Crippen LogP contribution in [0, 0.1) is 6.92 Å². The van der Waals surface area contributed by atoms with Crippen LogP contribution in [0.25, 0.3) is 11.0 Å². The zero-order chi connectivity index (χ0) is 17.7. The molecule has 3 nitrogen and oxygen atoms in total. The lowest BCUT2D eigenvalue weighted by molar-refractivity contribution is 0.415. The predicted molar refractivity (Wildman–Crippen MR) is 105 cm³/mol. The van der Waals surface area contributed by atoms with E-state index < -0.39 is 0 Å². The summed E-state index contributed by atoms with van der Waals surface area (Å²) in [6.45, 7) is 2.07. The molecule has 0 bridgehead atoms. The first-order valence-corrected chi connectivity index (χ1v) is 8.79. The first kappa shape index (κ1) is 15.1. The molecule has 0 spiro atoms. The van der Waals surface area contributed by atoms with Crippen molar-refractivity contribution in [3.05, 3.63) is 83.4 Å². The highest BCUT2D eigenvalue weighted by Gasteiger charge is 2.30.